The maximum atomic E-state index is 10.8. The molecule has 20 heavy (non-hydrogen) atoms. The lowest BCUT2D eigenvalue weighted by atomic mass is 9.86. The molecule has 5 heteroatoms. The first kappa shape index (κ1) is 17.1. The number of sulfonamides is 1. The van der Waals surface area contributed by atoms with Crippen molar-refractivity contribution in [2.45, 2.75) is 45.6 Å². The number of benzene rings is 1. The van der Waals surface area contributed by atoms with E-state index < -0.39 is 10.0 Å². The molecule has 0 aromatic heterocycles. The molecule has 0 heterocycles. The molecular formula is C15H26N2O2S. The molecule has 114 valence electrons. The quantitative estimate of drug-likeness (QED) is 0.792. The number of hydrogen-bond acceptors (Lipinski definition) is 3. The van der Waals surface area contributed by atoms with Crippen molar-refractivity contribution in [2.24, 2.45) is 5.14 Å². The molecule has 0 amide bonds. The minimum Gasteiger partial charge on any atom is -0.310 e. The number of hydrogen-bond donors (Lipinski definition) is 2. The van der Waals surface area contributed by atoms with Crippen molar-refractivity contribution in [3.63, 3.8) is 0 Å². The Morgan fingerprint density at radius 2 is 1.75 bits per heavy atom. The minimum absolute atomic E-state index is 0.0235. The smallest absolute Gasteiger partial charge is 0.209 e. The van der Waals surface area contributed by atoms with E-state index in [1.165, 1.54) is 11.1 Å². The topological polar surface area (TPSA) is 72.2 Å². The van der Waals surface area contributed by atoms with Gasteiger partial charge in [0.25, 0.3) is 0 Å². The molecule has 0 aliphatic rings. The van der Waals surface area contributed by atoms with Crippen LogP contribution in [0.5, 0.6) is 0 Å². The van der Waals surface area contributed by atoms with E-state index in [2.05, 4.69) is 57.3 Å². The van der Waals surface area contributed by atoms with Gasteiger partial charge in [-0.1, -0.05) is 45.0 Å². The molecule has 0 saturated carbocycles. The van der Waals surface area contributed by atoms with Gasteiger partial charge in [-0.2, -0.15) is 0 Å². The lowest BCUT2D eigenvalue weighted by Crippen LogP contribution is -2.24. The number of rotatable bonds is 6. The van der Waals surface area contributed by atoms with Crippen molar-refractivity contribution in [1.29, 1.82) is 0 Å². The van der Waals surface area contributed by atoms with Crippen LogP contribution >= 0.6 is 0 Å². The highest BCUT2D eigenvalue weighted by Gasteiger charge is 2.14. The Kier molecular flexibility index (Phi) is 5.74. The summed E-state index contributed by atoms with van der Waals surface area (Å²) in [6.45, 7) is 9.28. The van der Waals surface area contributed by atoms with Gasteiger partial charge in [-0.25, -0.2) is 13.6 Å². The monoisotopic (exact) mass is 298 g/mol. The van der Waals surface area contributed by atoms with E-state index in [0.29, 0.717) is 13.0 Å². The van der Waals surface area contributed by atoms with E-state index in [0.717, 1.165) is 0 Å². The van der Waals surface area contributed by atoms with Crippen LogP contribution in [0.1, 0.15) is 51.3 Å². The zero-order valence-corrected chi connectivity index (χ0v) is 13.6. The summed E-state index contributed by atoms with van der Waals surface area (Å²) in [6.07, 6.45) is 0.531. The minimum atomic E-state index is -3.35. The molecule has 1 aromatic carbocycles. The van der Waals surface area contributed by atoms with Crippen LogP contribution in [0.3, 0.4) is 0 Å². The van der Waals surface area contributed by atoms with Crippen molar-refractivity contribution in [3.8, 4) is 0 Å². The van der Waals surface area contributed by atoms with Gasteiger partial charge in [-0.15, -0.1) is 0 Å². The molecule has 0 aliphatic carbocycles. The molecule has 0 aliphatic heterocycles. The predicted molar refractivity (Wildman–Crippen MR) is 84.2 cm³/mol. The highest BCUT2D eigenvalue weighted by Crippen LogP contribution is 2.23. The summed E-state index contributed by atoms with van der Waals surface area (Å²) < 4.78 is 21.7. The van der Waals surface area contributed by atoms with Gasteiger partial charge in [0.15, 0.2) is 0 Å². The normalized spacial score (nSPS) is 14.2. The summed E-state index contributed by atoms with van der Waals surface area (Å²) in [4.78, 5) is 0. The summed E-state index contributed by atoms with van der Waals surface area (Å²) in [5, 5.41) is 8.27. The van der Waals surface area contributed by atoms with E-state index in [1.54, 1.807) is 0 Å². The second kappa shape index (κ2) is 6.70. The molecule has 0 radical (unpaired) electrons. The summed E-state index contributed by atoms with van der Waals surface area (Å²) >= 11 is 0. The van der Waals surface area contributed by atoms with Crippen LogP contribution in [0.2, 0.25) is 0 Å². The third-order valence-electron chi connectivity index (χ3n) is 3.33. The van der Waals surface area contributed by atoms with Crippen LogP contribution in [0, 0.1) is 0 Å². The Labute approximate surface area is 122 Å². The van der Waals surface area contributed by atoms with Crippen LogP contribution in [0.4, 0.5) is 0 Å². The zero-order valence-electron chi connectivity index (χ0n) is 12.8. The molecule has 1 aromatic rings. The molecule has 1 atom stereocenters. The summed E-state index contributed by atoms with van der Waals surface area (Å²) in [7, 11) is -3.35. The Balaban J connectivity index is 2.50. The van der Waals surface area contributed by atoms with Gasteiger partial charge in [0.05, 0.1) is 5.75 Å². The SMILES string of the molecule is CC(NCCCS(N)(=O)=O)c1ccc(C(C)(C)C)cc1. The van der Waals surface area contributed by atoms with Gasteiger partial charge < -0.3 is 5.32 Å². The van der Waals surface area contributed by atoms with Crippen molar-refractivity contribution in [1.82, 2.24) is 5.32 Å². The number of primary sulfonamides is 1. The second-order valence-corrected chi connectivity index (χ2v) is 8.00. The molecule has 0 saturated heterocycles. The predicted octanol–water partition coefficient (Wildman–Crippen LogP) is 2.31. The average Bonchev–Trinajstić information content (AvgIpc) is 2.32. The Morgan fingerprint density at radius 1 is 1.20 bits per heavy atom. The van der Waals surface area contributed by atoms with Crippen LogP contribution < -0.4 is 10.5 Å². The lowest BCUT2D eigenvalue weighted by Gasteiger charge is -2.20. The summed E-state index contributed by atoms with van der Waals surface area (Å²) in [5.41, 5.74) is 2.67. The number of nitrogens with one attached hydrogen (secondary N) is 1. The molecule has 1 rings (SSSR count). The molecule has 4 nitrogen and oxygen atoms in total. The Bertz CT molecular complexity index is 516. The third-order valence-corrected chi connectivity index (χ3v) is 4.19. The molecule has 0 bridgehead atoms. The van der Waals surface area contributed by atoms with Crippen LogP contribution in [0.15, 0.2) is 24.3 Å². The van der Waals surface area contributed by atoms with Gasteiger partial charge in [0.1, 0.15) is 0 Å². The van der Waals surface area contributed by atoms with E-state index in [1.807, 2.05) is 0 Å². The van der Waals surface area contributed by atoms with E-state index in [4.69, 9.17) is 5.14 Å². The van der Waals surface area contributed by atoms with Gasteiger partial charge in [0.2, 0.25) is 10.0 Å². The highest BCUT2D eigenvalue weighted by atomic mass is 32.2. The first-order chi connectivity index (χ1) is 9.09. The largest absolute Gasteiger partial charge is 0.310 e. The molecule has 0 spiro atoms. The van der Waals surface area contributed by atoms with Gasteiger partial charge in [-0.3, -0.25) is 0 Å². The Hall–Kier alpha value is -0.910. The second-order valence-electron chi connectivity index (χ2n) is 6.27. The fourth-order valence-corrected chi connectivity index (χ4v) is 2.53. The fourth-order valence-electron chi connectivity index (χ4n) is 1.98. The summed E-state index contributed by atoms with van der Waals surface area (Å²) in [6, 6.07) is 8.75. The standard InChI is InChI=1S/C15H26N2O2S/c1-12(17-10-5-11-20(16,18)19)13-6-8-14(9-7-13)15(2,3)4/h6-9,12,17H,5,10-11H2,1-4H3,(H2,16,18,19). The Morgan fingerprint density at radius 3 is 2.20 bits per heavy atom. The maximum absolute atomic E-state index is 10.8. The van der Waals surface area contributed by atoms with Crippen LogP contribution in [-0.4, -0.2) is 20.7 Å². The molecule has 3 N–H and O–H groups in total. The molecule has 0 fully saturated rings. The van der Waals surface area contributed by atoms with Crippen molar-refractivity contribution >= 4 is 10.0 Å². The first-order valence-corrected chi connectivity index (χ1v) is 8.65. The third kappa shape index (κ3) is 6.03. The van der Waals surface area contributed by atoms with Crippen LogP contribution in [-0.2, 0) is 15.4 Å². The average molecular weight is 298 g/mol. The van der Waals surface area contributed by atoms with Crippen LogP contribution in [0.25, 0.3) is 0 Å². The molecule has 1 unspecified atom stereocenters. The fraction of sp³-hybridized carbons (Fsp3) is 0.600. The van der Waals surface area contributed by atoms with Gasteiger partial charge in [-0.05, 0) is 36.4 Å². The van der Waals surface area contributed by atoms with Gasteiger partial charge in [0, 0.05) is 6.04 Å². The summed E-state index contributed by atoms with van der Waals surface area (Å²) in [5.74, 6) is 0.0235. The molecular weight excluding hydrogens is 272 g/mol. The zero-order chi connectivity index (χ0) is 15.4. The lowest BCUT2D eigenvalue weighted by molar-refractivity contribution is 0.559. The van der Waals surface area contributed by atoms with E-state index >= 15 is 0 Å². The highest BCUT2D eigenvalue weighted by molar-refractivity contribution is 7.89. The first-order valence-electron chi connectivity index (χ1n) is 6.94. The van der Waals surface area contributed by atoms with Gasteiger partial charge >= 0.3 is 0 Å². The van der Waals surface area contributed by atoms with E-state index in [9.17, 15) is 8.42 Å². The maximum Gasteiger partial charge on any atom is 0.209 e. The van der Waals surface area contributed by atoms with E-state index in [-0.39, 0.29) is 17.2 Å². The number of nitrogens with two attached hydrogens (primary N) is 1. The van der Waals surface area contributed by atoms with Crippen molar-refractivity contribution in [3.05, 3.63) is 35.4 Å². The van der Waals surface area contributed by atoms with Crippen molar-refractivity contribution < 1.29 is 8.42 Å². The van der Waals surface area contributed by atoms with Crippen molar-refractivity contribution in [2.75, 3.05) is 12.3 Å².